The van der Waals surface area contributed by atoms with Gasteiger partial charge in [0.25, 0.3) is 0 Å². The zero-order valence-corrected chi connectivity index (χ0v) is 7.80. The second kappa shape index (κ2) is 3.44. The summed E-state index contributed by atoms with van der Waals surface area (Å²) in [6.07, 6.45) is 3.99. The van der Waals surface area contributed by atoms with Crippen molar-refractivity contribution in [3.8, 4) is 0 Å². The molecule has 0 aromatic rings. The third kappa shape index (κ3) is 1.78. The van der Waals surface area contributed by atoms with Crippen LogP contribution < -0.4 is 5.73 Å². The van der Waals surface area contributed by atoms with Gasteiger partial charge in [-0.1, -0.05) is 6.92 Å². The van der Waals surface area contributed by atoms with Crippen molar-refractivity contribution in [3.63, 3.8) is 0 Å². The zero-order chi connectivity index (χ0) is 9.19. The Hall–Kier alpha value is -0.570. The van der Waals surface area contributed by atoms with Gasteiger partial charge in [0.15, 0.2) is 0 Å². The second-order valence-electron chi connectivity index (χ2n) is 3.88. The van der Waals surface area contributed by atoms with Gasteiger partial charge in [-0.15, -0.1) is 0 Å². The summed E-state index contributed by atoms with van der Waals surface area (Å²) in [5, 5.41) is 0. The molecule has 0 aliphatic heterocycles. The molecule has 1 amide bonds. The molecule has 0 aromatic carbocycles. The van der Waals surface area contributed by atoms with Crippen LogP contribution in [0.25, 0.3) is 0 Å². The maximum Gasteiger partial charge on any atom is 0.223 e. The molecule has 2 atom stereocenters. The van der Waals surface area contributed by atoms with Gasteiger partial charge in [0.1, 0.15) is 0 Å². The van der Waals surface area contributed by atoms with Gasteiger partial charge >= 0.3 is 0 Å². The van der Waals surface area contributed by atoms with Crippen molar-refractivity contribution in [1.29, 1.82) is 0 Å². The molecular formula is C9H17NO2. The van der Waals surface area contributed by atoms with E-state index < -0.39 is 0 Å². The Morgan fingerprint density at radius 2 is 2.33 bits per heavy atom. The van der Waals surface area contributed by atoms with Gasteiger partial charge in [0, 0.05) is 12.5 Å². The summed E-state index contributed by atoms with van der Waals surface area (Å²) in [5.74, 6) is -0.191. The van der Waals surface area contributed by atoms with E-state index in [0.29, 0.717) is 0 Å². The zero-order valence-electron chi connectivity index (χ0n) is 7.80. The molecule has 1 aliphatic carbocycles. The van der Waals surface area contributed by atoms with E-state index >= 15 is 0 Å². The molecular weight excluding hydrogens is 154 g/mol. The topological polar surface area (TPSA) is 52.3 Å². The monoisotopic (exact) mass is 171 g/mol. The predicted octanol–water partition coefficient (Wildman–Crippen LogP) is 1.07. The summed E-state index contributed by atoms with van der Waals surface area (Å²) in [5.41, 5.74) is 4.99. The Labute approximate surface area is 73.3 Å². The van der Waals surface area contributed by atoms with Gasteiger partial charge in [0.2, 0.25) is 5.91 Å². The second-order valence-corrected chi connectivity index (χ2v) is 3.88. The minimum Gasteiger partial charge on any atom is -0.381 e. The van der Waals surface area contributed by atoms with Crippen LogP contribution in [0.4, 0.5) is 0 Å². The van der Waals surface area contributed by atoms with Gasteiger partial charge < -0.3 is 10.5 Å². The first kappa shape index (κ1) is 9.52. The van der Waals surface area contributed by atoms with E-state index in [0.717, 1.165) is 25.7 Å². The molecule has 12 heavy (non-hydrogen) atoms. The van der Waals surface area contributed by atoms with Crippen molar-refractivity contribution >= 4 is 5.91 Å². The van der Waals surface area contributed by atoms with Gasteiger partial charge in [0.05, 0.1) is 6.10 Å². The van der Waals surface area contributed by atoms with Crippen LogP contribution in [0.1, 0.15) is 32.6 Å². The summed E-state index contributed by atoms with van der Waals surface area (Å²) < 4.78 is 5.23. The van der Waals surface area contributed by atoms with Crippen LogP contribution in [0.5, 0.6) is 0 Å². The first-order valence-electron chi connectivity index (χ1n) is 4.41. The summed E-state index contributed by atoms with van der Waals surface area (Å²) in [6, 6.07) is 0. The minimum absolute atomic E-state index is 0.191. The van der Waals surface area contributed by atoms with Crippen LogP contribution >= 0.6 is 0 Å². The van der Waals surface area contributed by atoms with Gasteiger partial charge in [-0.2, -0.15) is 0 Å². The fourth-order valence-electron chi connectivity index (χ4n) is 1.85. The molecule has 0 saturated heterocycles. The van der Waals surface area contributed by atoms with E-state index in [1.807, 2.05) is 6.92 Å². The normalized spacial score (nSPS) is 36.3. The average Bonchev–Trinajstić information content (AvgIpc) is 2.04. The van der Waals surface area contributed by atoms with E-state index in [1.165, 1.54) is 0 Å². The fraction of sp³-hybridized carbons (Fsp3) is 0.889. The molecule has 0 spiro atoms. The highest BCUT2D eigenvalue weighted by Gasteiger charge is 2.36. The van der Waals surface area contributed by atoms with Crippen LogP contribution in [0.2, 0.25) is 0 Å². The number of hydrogen-bond acceptors (Lipinski definition) is 2. The van der Waals surface area contributed by atoms with Crippen LogP contribution in [-0.2, 0) is 9.53 Å². The number of nitrogens with two attached hydrogens (primary N) is 1. The van der Waals surface area contributed by atoms with Crippen molar-refractivity contribution in [2.24, 2.45) is 11.1 Å². The molecule has 70 valence electrons. The molecule has 0 unspecified atom stereocenters. The largest absolute Gasteiger partial charge is 0.381 e. The number of carbonyl (C=O) groups excluding carboxylic acids is 1. The van der Waals surface area contributed by atoms with E-state index in [2.05, 4.69) is 0 Å². The Morgan fingerprint density at radius 3 is 2.83 bits per heavy atom. The van der Waals surface area contributed by atoms with Crippen LogP contribution in [0, 0.1) is 5.41 Å². The number of carbonyl (C=O) groups is 1. The maximum atomic E-state index is 11.1. The Kier molecular flexibility index (Phi) is 2.73. The van der Waals surface area contributed by atoms with Crippen molar-refractivity contribution in [2.75, 3.05) is 7.11 Å². The number of hydrogen-bond donors (Lipinski definition) is 1. The lowest BCUT2D eigenvalue weighted by molar-refractivity contribution is -0.131. The molecule has 0 heterocycles. The molecule has 1 rings (SSSR count). The average molecular weight is 171 g/mol. The SMILES string of the molecule is CO[C@@H]1CCC[C@@](C)(C(N)=O)C1. The quantitative estimate of drug-likeness (QED) is 0.675. The number of primary amides is 1. The minimum atomic E-state index is -0.334. The standard InChI is InChI=1S/C9H17NO2/c1-9(8(10)11)5-3-4-7(6-9)12-2/h7H,3-6H2,1-2H3,(H2,10,11)/t7-,9-/m1/s1. The number of rotatable bonds is 2. The molecule has 2 N–H and O–H groups in total. The Morgan fingerprint density at radius 1 is 1.67 bits per heavy atom. The number of ether oxygens (including phenoxy) is 1. The highest BCUT2D eigenvalue weighted by Crippen LogP contribution is 2.36. The third-order valence-corrected chi connectivity index (χ3v) is 2.86. The van der Waals surface area contributed by atoms with Crippen molar-refractivity contribution < 1.29 is 9.53 Å². The van der Waals surface area contributed by atoms with Crippen molar-refractivity contribution in [3.05, 3.63) is 0 Å². The Balaban J connectivity index is 2.61. The van der Waals surface area contributed by atoms with Gasteiger partial charge in [-0.3, -0.25) is 4.79 Å². The maximum absolute atomic E-state index is 11.1. The third-order valence-electron chi connectivity index (χ3n) is 2.86. The first-order valence-corrected chi connectivity index (χ1v) is 4.41. The number of amides is 1. The highest BCUT2D eigenvalue weighted by molar-refractivity contribution is 5.80. The van der Waals surface area contributed by atoms with Gasteiger partial charge in [-0.05, 0) is 25.7 Å². The molecule has 3 heteroatoms. The van der Waals surface area contributed by atoms with Crippen LogP contribution in [-0.4, -0.2) is 19.1 Å². The molecule has 0 bridgehead atoms. The smallest absolute Gasteiger partial charge is 0.223 e. The summed E-state index contributed by atoms with van der Waals surface area (Å²) >= 11 is 0. The lowest BCUT2D eigenvalue weighted by Gasteiger charge is -2.34. The fourth-order valence-corrected chi connectivity index (χ4v) is 1.85. The van der Waals surface area contributed by atoms with E-state index in [9.17, 15) is 4.79 Å². The summed E-state index contributed by atoms with van der Waals surface area (Å²) in [4.78, 5) is 11.1. The van der Waals surface area contributed by atoms with E-state index in [-0.39, 0.29) is 17.4 Å². The molecule has 1 aliphatic rings. The molecule has 0 aromatic heterocycles. The van der Waals surface area contributed by atoms with Crippen molar-refractivity contribution in [2.45, 2.75) is 38.7 Å². The molecule has 1 saturated carbocycles. The first-order chi connectivity index (χ1) is 5.58. The highest BCUT2D eigenvalue weighted by atomic mass is 16.5. The summed E-state index contributed by atoms with van der Waals surface area (Å²) in [6.45, 7) is 1.93. The molecule has 1 fully saturated rings. The lowest BCUT2D eigenvalue weighted by Crippen LogP contribution is -2.40. The van der Waals surface area contributed by atoms with Crippen molar-refractivity contribution in [1.82, 2.24) is 0 Å². The van der Waals surface area contributed by atoms with Crippen LogP contribution in [0.15, 0.2) is 0 Å². The van der Waals surface area contributed by atoms with Gasteiger partial charge in [-0.25, -0.2) is 0 Å². The summed E-state index contributed by atoms with van der Waals surface area (Å²) in [7, 11) is 1.69. The van der Waals surface area contributed by atoms with Crippen LogP contribution in [0.3, 0.4) is 0 Å². The molecule has 3 nitrogen and oxygen atoms in total. The van der Waals surface area contributed by atoms with E-state index in [1.54, 1.807) is 7.11 Å². The number of methoxy groups -OCH3 is 1. The lowest BCUT2D eigenvalue weighted by atomic mass is 9.74. The Bertz CT molecular complexity index is 181. The molecule has 0 radical (unpaired) electrons. The predicted molar refractivity (Wildman–Crippen MR) is 46.6 cm³/mol. The van der Waals surface area contributed by atoms with E-state index in [4.69, 9.17) is 10.5 Å².